The van der Waals surface area contributed by atoms with Gasteiger partial charge in [-0.05, 0) is 56.9 Å². The molecule has 3 rings (SSSR count). The number of ether oxygens (including phenoxy) is 5. The summed E-state index contributed by atoms with van der Waals surface area (Å²) in [4.78, 5) is 23.0. The van der Waals surface area contributed by atoms with E-state index in [2.05, 4.69) is 13.8 Å². The molecule has 0 radical (unpaired) electrons. The lowest BCUT2D eigenvalue weighted by Gasteiger charge is -2.27. The Balaban J connectivity index is 1.65. The van der Waals surface area contributed by atoms with Crippen LogP contribution in [0, 0.1) is 0 Å². The van der Waals surface area contributed by atoms with Crippen molar-refractivity contribution in [2.75, 3.05) is 19.8 Å². The third-order valence-electron chi connectivity index (χ3n) is 6.12. The van der Waals surface area contributed by atoms with Gasteiger partial charge >= 0.3 is 6.16 Å². The summed E-state index contributed by atoms with van der Waals surface area (Å²) in [7, 11) is 0. The summed E-state index contributed by atoms with van der Waals surface area (Å²) in [5, 5.41) is 8.96. The smallest absolute Gasteiger partial charge is 0.493 e. The first-order valence-corrected chi connectivity index (χ1v) is 13.2. The van der Waals surface area contributed by atoms with E-state index in [9.17, 15) is 9.59 Å². The van der Waals surface area contributed by atoms with Gasteiger partial charge < -0.3 is 28.8 Å². The molecule has 202 valence electrons. The number of carboxylic acid groups (broad SMARTS) is 1. The molecular weight excluding hydrogens is 476 g/mol. The maximum Gasteiger partial charge on any atom is 0.508 e. The van der Waals surface area contributed by atoms with E-state index >= 15 is 0 Å². The van der Waals surface area contributed by atoms with Gasteiger partial charge in [0.25, 0.3) is 0 Å². The molecule has 0 aromatic heterocycles. The van der Waals surface area contributed by atoms with Gasteiger partial charge in [-0.15, -0.1) is 0 Å². The molecule has 2 aromatic carbocycles. The van der Waals surface area contributed by atoms with Gasteiger partial charge in [0.1, 0.15) is 23.0 Å². The number of benzene rings is 2. The minimum Gasteiger partial charge on any atom is -0.493 e. The zero-order valence-electron chi connectivity index (χ0n) is 22.3. The number of ketones is 1. The van der Waals surface area contributed by atoms with Crippen LogP contribution < -0.4 is 18.9 Å². The topological polar surface area (TPSA) is 101 Å². The van der Waals surface area contributed by atoms with Gasteiger partial charge in [-0.3, -0.25) is 4.79 Å². The number of rotatable bonds is 14. The summed E-state index contributed by atoms with van der Waals surface area (Å²) < 4.78 is 28.8. The Morgan fingerprint density at radius 1 is 0.946 bits per heavy atom. The predicted molar refractivity (Wildman–Crippen MR) is 140 cm³/mol. The Morgan fingerprint density at radius 2 is 1.59 bits per heavy atom. The van der Waals surface area contributed by atoms with Gasteiger partial charge in [-0.2, -0.15) is 0 Å². The average molecular weight is 515 g/mol. The van der Waals surface area contributed by atoms with Crippen LogP contribution >= 0.6 is 0 Å². The fraction of sp³-hybridized carbons (Fsp3) is 0.517. The van der Waals surface area contributed by atoms with E-state index in [4.69, 9.17) is 28.8 Å². The van der Waals surface area contributed by atoms with Crippen LogP contribution in [0.1, 0.15) is 80.4 Å². The molecule has 1 N–H and O–H groups in total. The second-order valence-electron chi connectivity index (χ2n) is 8.96. The Hall–Kier alpha value is -3.42. The van der Waals surface area contributed by atoms with Crippen molar-refractivity contribution in [1.29, 1.82) is 0 Å². The third kappa shape index (κ3) is 7.31. The molecule has 1 unspecified atom stereocenters. The number of carbonyl (C=O) groups is 2. The van der Waals surface area contributed by atoms with Crippen LogP contribution in [0.4, 0.5) is 4.79 Å². The minimum absolute atomic E-state index is 0.0292. The van der Waals surface area contributed by atoms with Gasteiger partial charge in [0, 0.05) is 24.0 Å². The largest absolute Gasteiger partial charge is 0.508 e. The van der Waals surface area contributed by atoms with Gasteiger partial charge in [0.05, 0.1) is 25.4 Å². The van der Waals surface area contributed by atoms with Gasteiger partial charge in [0.15, 0.2) is 5.78 Å². The number of hydrogen-bond acceptors (Lipinski definition) is 7. The zero-order valence-corrected chi connectivity index (χ0v) is 22.3. The maximum atomic E-state index is 12.1. The summed E-state index contributed by atoms with van der Waals surface area (Å²) in [5.41, 5.74) is 3.47. The van der Waals surface area contributed by atoms with Crippen molar-refractivity contribution in [2.45, 2.75) is 78.9 Å². The fourth-order valence-corrected chi connectivity index (χ4v) is 4.52. The van der Waals surface area contributed by atoms with Crippen LogP contribution in [0.2, 0.25) is 0 Å². The Bertz CT molecular complexity index is 1080. The molecule has 0 amide bonds. The zero-order chi connectivity index (χ0) is 26.8. The summed E-state index contributed by atoms with van der Waals surface area (Å²) in [6.07, 6.45) is 2.97. The molecule has 0 saturated heterocycles. The summed E-state index contributed by atoms with van der Waals surface area (Å²) >= 11 is 0. The van der Waals surface area contributed by atoms with E-state index in [0.717, 1.165) is 53.9 Å². The SMILES string of the molecule is CCCc1c(OCCCOc2ccc(C(C)=O)c(OCC)c2CCC)ccc2c1OC(OC(=O)O)CC2. The summed E-state index contributed by atoms with van der Waals surface area (Å²) in [5.74, 6) is 2.72. The minimum atomic E-state index is -1.34. The van der Waals surface area contributed by atoms with Gasteiger partial charge in [-0.1, -0.05) is 32.8 Å². The predicted octanol–water partition coefficient (Wildman–Crippen LogP) is 6.39. The number of hydrogen-bond donors (Lipinski definition) is 1. The summed E-state index contributed by atoms with van der Waals surface area (Å²) in [6.45, 7) is 8.97. The highest BCUT2D eigenvalue weighted by Gasteiger charge is 2.26. The first-order valence-electron chi connectivity index (χ1n) is 13.2. The molecule has 2 aromatic rings. The van der Waals surface area contributed by atoms with Crippen molar-refractivity contribution in [2.24, 2.45) is 0 Å². The number of carbonyl (C=O) groups excluding carboxylic acids is 1. The highest BCUT2D eigenvalue weighted by molar-refractivity contribution is 5.97. The van der Waals surface area contributed by atoms with Crippen molar-refractivity contribution in [3.05, 3.63) is 46.5 Å². The third-order valence-corrected chi connectivity index (χ3v) is 6.12. The lowest BCUT2D eigenvalue weighted by atomic mass is 9.98. The van der Waals surface area contributed by atoms with E-state index in [1.54, 1.807) is 13.0 Å². The number of aryl methyl sites for hydroxylation is 1. The fourth-order valence-electron chi connectivity index (χ4n) is 4.52. The van der Waals surface area contributed by atoms with E-state index in [-0.39, 0.29) is 5.78 Å². The Kier molecular flexibility index (Phi) is 10.5. The highest BCUT2D eigenvalue weighted by atomic mass is 16.8. The first kappa shape index (κ1) is 28.2. The second kappa shape index (κ2) is 13.8. The molecule has 0 bridgehead atoms. The quantitative estimate of drug-likeness (QED) is 0.176. The normalized spacial score (nSPS) is 14.3. The number of Topliss-reactive ketones (excluding diaryl/α,β-unsaturated/α-hetero) is 1. The van der Waals surface area contributed by atoms with Crippen molar-refractivity contribution in [1.82, 2.24) is 0 Å². The lowest BCUT2D eigenvalue weighted by molar-refractivity contribution is -0.0640. The molecule has 1 atom stereocenters. The van der Waals surface area contributed by atoms with E-state index in [1.165, 1.54) is 0 Å². The van der Waals surface area contributed by atoms with Crippen LogP contribution in [0.3, 0.4) is 0 Å². The molecule has 37 heavy (non-hydrogen) atoms. The molecule has 8 heteroatoms. The number of fused-ring (bicyclic) bond motifs is 1. The van der Waals surface area contributed by atoms with Crippen LogP contribution in [0.25, 0.3) is 0 Å². The monoisotopic (exact) mass is 514 g/mol. The van der Waals surface area contributed by atoms with E-state index in [0.29, 0.717) is 56.1 Å². The van der Waals surface area contributed by atoms with Crippen LogP contribution in [-0.2, 0) is 24.0 Å². The maximum absolute atomic E-state index is 12.1. The first-order chi connectivity index (χ1) is 17.9. The molecular formula is C29H38O8. The molecule has 0 fully saturated rings. The molecule has 1 aliphatic heterocycles. The molecule has 1 heterocycles. The van der Waals surface area contributed by atoms with Crippen molar-refractivity contribution >= 4 is 11.9 Å². The van der Waals surface area contributed by atoms with Crippen molar-refractivity contribution in [3.8, 4) is 23.0 Å². The molecule has 0 aliphatic carbocycles. The highest BCUT2D eigenvalue weighted by Crippen LogP contribution is 2.38. The van der Waals surface area contributed by atoms with Gasteiger partial charge in [-0.25, -0.2) is 4.79 Å². The Morgan fingerprint density at radius 3 is 2.22 bits per heavy atom. The Labute approximate surface area is 218 Å². The van der Waals surface area contributed by atoms with Crippen LogP contribution in [0.15, 0.2) is 24.3 Å². The van der Waals surface area contributed by atoms with Crippen LogP contribution in [0.5, 0.6) is 23.0 Å². The van der Waals surface area contributed by atoms with Crippen molar-refractivity contribution < 1.29 is 38.4 Å². The molecule has 1 aliphatic rings. The van der Waals surface area contributed by atoms with E-state index < -0.39 is 12.4 Å². The van der Waals surface area contributed by atoms with E-state index in [1.807, 2.05) is 25.1 Å². The summed E-state index contributed by atoms with van der Waals surface area (Å²) in [6, 6.07) is 7.55. The lowest BCUT2D eigenvalue weighted by Crippen LogP contribution is -2.28. The van der Waals surface area contributed by atoms with Crippen LogP contribution in [-0.4, -0.2) is 43.2 Å². The molecule has 8 nitrogen and oxygen atoms in total. The second-order valence-corrected chi connectivity index (χ2v) is 8.96. The molecule has 0 saturated carbocycles. The average Bonchev–Trinajstić information content (AvgIpc) is 2.86. The van der Waals surface area contributed by atoms with Gasteiger partial charge in [0.2, 0.25) is 6.29 Å². The standard InChI is InChI=1S/C29H38O8/c1-5-9-22-24(14-11-20-12-16-26(36-27(20)22)37-29(31)32)34-17-8-18-35-25-15-13-21(19(4)30)28(33-7-3)23(25)10-6-2/h11,13-15,26H,5-10,12,16-18H2,1-4H3,(H,31,32). The molecule has 0 spiro atoms. The van der Waals surface area contributed by atoms with Crippen molar-refractivity contribution in [3.63, 3.8) is 0 Å².